The van der Waals surface area contributed by atoms with Gasteiger partial charge in [0.1, 0.15) is 17.1 Å². The van der Waals surface area contributed by atoms with Gasteiger partial charge in [-0.15, -0.1) is 0 Å². The number of carbonyl (C=O) groups is 2. The SMILES string of the molecule is CCOC(=O)C1=C(C)OC(N)=C(C(=O)OCC)[C@H]1c1ccco1. The number of hydrogen-bond acceptors (Lipinski definition) is 7. The van der Waals surface area contributed by atoms with E-state index >= 15 is 0 Å². The monoisotopic (exact) mass is 321 g/mol. The summed E-state index contributed by atoms with van der Waals surface area (Å²) in [5.74, 6) is -1.58. The van der Waals surface area contributed by atoms with E-state index in [1.54, 1.807) is 32.9 Å². The highest BCUT2D eigenvalue weighted by Crippen LogP contribution is 2.40. The molecule has 0 amide bonds. The van der Waals surface area contributed by atoms with E-state index in [1.165, 1.54) is 6.26 Å². The van der Waals surface area contributed by atoms with Crippen LogP contribution in [0.5, 0.6) is 0 Å². The highest BCUT2D eigenvalue weighted by atomic mass is 16.5. The summed E-state index contributed by atoms with van der Waals surface area (Å²) in [6.07, 6.45) is 1.45. The summed E-state index contributed by atoms with van der Waals surface area (Å²) in [6, 6.07) is 3.30. The predicted octanol–water partition coefficient (Wildman–Crippen LogP) is 1.96. The van der Waals surface area contributed by atoms with Crippen LogP contribution in [0.4, 0.5) is 0 Å². The van der Waals surface area contributed by atoms with E-state index in [1.807, 2.05) is 0 Å². The van der Waals surface area contributed by atoms with Crippen LogP contribution < -0.4 is 5.73 Å². The molecule has 2 rings (SSSR count). The fraction of sp³-hybridized carbons (Fsp3) is 0.375. The van der Waals surface area contributed by atoms with Crippen molar-refractivity contribution in [3.8, 4) is 0 Å². The smallest absolute Gasteiger partial charge is 0.340 e. The van der Waals surface area contributed by atoms with Crippen LogP contribution in [0, 0.1) is 0 Å². The maximum Gasteiger partial charge on any atom is 0.340 e. The number of carbonyl (C=O) groups excluding carboxylic acids is 2. The van der Waals surface area contributed by atoms with Crippen LogP contribution in [-0.4, -0.2) is 25.2 Å². The van der Waals surface area contributed by atoms with Gasteiger partial charge in [-0.05, 0) is 32.9 Å². The van der Waals surface area contributed by atoms with Gasteiger partial charge >= 0.3 is 11.9 Å². The molecule has 1 aliphatic rings. The number of allylic oxidation sites excluding steroid dienone is 1. The summed E-state index contributed by atoms with van der Waals surface area (Å²) in [7, 11) is 0. The quantitative estimate of drug-likeness (QED) is 0.827. The highest BCUT2D eigenvalue weighted by Gasteiger charge is 2.41. The number of hydrogen-bond donors (Lipinski definition) is 1. The van der Waals surface area contributed by atoms with Crippen molar-refractivity contribution < 1.29 is 28.2 Å². The van der Waals surface area contributed by atoms with E-state index in [2.05, 4.69) is 0 Å². The molecule has 124 valence electrons. The lowest BCUT2D eigenvalue weighted by Crippen LogP contribution is -2.30. The molecule has 1 aromatic heterocycles. The van der Waals surface area contributed by atoms with Crippen molar-refractivity contribution in [2.75, 3.05) is 13.2 Å². The van der Waals surface area contributed by atoms with Gasteiger partial charge < -0.3 is 24.4 Å². The number of furan rings is 1. The van der Waals surface area contributed by atoms with Crippen LogP contribution in [0.25, 0.3) is 0 Å². The molecule has 0 saturated carbocycles. The van der Waals surface area contributed by atoms with E-state index in [9.17, 15) is 9.59 Å². The van der Waals surface area contributed by atoms with Gasteiger partial charge in [-0.25, -0.2) is 9.59 Å². The Morgan fingerprint density at radius 3 is 2.30 bits per heavy atom. The minimum atomic E-state index is -0.836. The molecule has 1 atom stereocenters. The summed E-state index contributed by atoms with van der Waals surface area (Å²) >= 11 is 0. The third kappa shape index (κ3) is 3.23. The first-order chi connectivity index (χ1) is 11.0. The molecule has 0 bridgehead atoms. The zero-order chi connectivity index (χ0) is 17.0. The van der Waals surface area contributed by atoms with Gasteiger partial charge in [0, 0.05) is 0 Å². The maximum atomic E-state index is 12.3. The largest absolute Gasteiger partial charge is 0.468 e. The van der Waals surface area contributed by atoms with Crippen LogP contribution in [-0.2, 0) is 23.8 Å². The second-order valence-electron chi connectivity index (χ2n) is 4.74. The van der Waals surface area contributed by atoms with Gasteiger partial charge in [-0.1, -0.05) is 0 Å². The van der Waals surface area contributed by atoms with Crippen molar-refractivity contribution >= 4 is 11.9 Å². The van der Waals surface area contributed by atoms with Gasteiger partial charge in [-0.2, -0.15) is 0 Å². The van der Waals surface area contributed by atoms with Crippen molar-refractivity contribution in [2.45, 2.75) is 26.7 Å². The number of ether oxygens (including phenoxy) is 3. The molecule has 0 fully saturated rings. The molecule has 0 saturated heterocycles. The Kier molecular flexibility index (Phi) is 5.10. The van der Waals surface area contributed by atoms with Crippen molar-refractivity contribution in [2.24, 2.45) is 5.73 Å². The molecular formula is C16H19NO6. The third-order valence-corrected chi connectivity index (χ3v) is 3.30. The minimum absolute atomic E-state index is 0.0236. The molecule has 1 aliphatic heterocycles. The third-order valence-electron chi connectivity index (χ3n) is 3.30. The molecule has 0 radical (unpaired) electrons. The van der Waals surface area contributed by atoms with E-state index < -0.39 is 17.9 Å². The van der Waals surface area contributed by atoms with E-state index in [-0.39, 0.29) is 36.0 Å². The standard InChI is InChI=1S/C16H19NO6/c1-4-20-15(18)11-9(3)23-14(17)13(16(19)21-5-2)12(11)10-7-6-8-22-10/h6-8,12H,4-5,17H2,1-3H3/t12-/m0/s1. The molecule has 1 aromatic rings. The second-order valence-corrected chi connectivity index (χ2v) is 4.74. The fourth-order valence-electron chi connectivity index (χ4n) is 2.40. The Labute approximate surface area is 133 Å². The lowest BCUT2D eigenvalue weighted by molar-refractivity contribution is -0.140. The van der Waals surface area contributed by atoms with Crippen molar-refractivity contribution in [1.29, 1.82) is 0 Å². The topological polar surface area (TPSA) is 101 Å². The number of nitrogens with two attached hydrogens (primary N) is 1. The number of esters is 2. The first kappa shape index (κ1) is 16.7. The first-order valence-electron chi connectivity index (χ1n) is 7.27. The lowest BCUT2D eigenvalue weighted by atomic mass is 9.86. The molecule has 0 aliphatic carbocycles. The van der Waals surface area contributed by atoms with Crippen molar-refractivity contribution in [3.05, 3.63) is 46.9 Å². The lowest BCUT2D eigenvalue weighted by Gasteiger charge is -2.27. The van der Waals surface area contributed by atoms with Gasteiger partial charge in [0.2, 0.25) is 5.88 Å². The van der Waals surface area contributed by atoms with Crippen LogP contribution in [0.1, 0.15) is 32.4 Å². The first-order valence-corrected chi connectivity index (χ1v) is 7.27. The summed E-state index contributed by atoms with van der Waals surface area (Å²) in [5, 5.41) is 0. The minimum Gasteiger partial charge on any atom is -0.468 e. The maximum absolute atomic E-state index is 12.3. The molecule has 2 heterocycles. The Morgan fingerprint density at radius 1 is 1.17 bits per heavy atom. The summed E-state index contributed by atoms with van der Waals surface area (Å²) in [5.41, 5.74) is 6.05. The van der Waals surface area contributed by atoms with Crippen LogP contribution in [0.3, 0.4) is 0 Å². The Morgan fingerprint density at radius 2 is 1.78 bits per heavy atom. The Balaban J connectivity index is 2.55. The average molecular weight is 321 g/mol. The zero-order valence-electron chi connectivity index (χ0n) is 13.3. The van der Waals surface area contributed by atoms with E-state index in [0.29, 0.717) is 5.76 Å². The van der Waals surface area contributed by atoms with Crippen LogP contribution >= 0.6 is 0 Å². The second kappa shape index (κ2) is 7.04. The molecule has 0 spiro atoms. The van der Waals surface area contributed by atoms with Crippen LogP contribution in [0.15, 0.2) is 45.6 Å². The molecule has 0 aromatic carbocycles. The zero-order valence-corrected chi connectivity index (χ0v) is 13.3. The number of rotatable bonds is 5. The average Bonchev–Trinajstić information content (AvgIpc) is 3.00. The van der Waals surface area contributed by atoms with Crippen molar-refractivity contribution in [3.63, 3.8) is 0 Å². The molecular weight excluding hydrogens is 302 g/mol. The predicted molar refractivity (Wildman–Crippen MR) is 79.7 cm³/mol. The molecule has 2 N–H and O–H groups in total. The Hall–Kier alpha value is -2.70. The highest BCUT2D eigenvalue weighted by molar-refractivity contribution is 5.99. The van der Waals surface area contributed by atoms with Crippen molar-refractivity contribution in [1.82, 2.24) is 0 Å². The molecule has 0 unspecified atom stereocenters. The van der Waals surface area contributed by atoms with E-state index in [0.717, 1.165) is 0 Å². The molecule has 7 heteroatoms. The van der Waals surface area contributed by atoms with Gasteiger partial charge in [0.15, 0.2) is 0 Å². The van der Waals surface area contributed by atoms with E-state index in [4.69, 9.17) is 24.4 Å². The molecule has 23 heavy (non-hydrogen) atoms. The molecule has 7 nitrogen and oxygen atoms in total. The van der Waals surface area contributed by atoms with Gasteiger partial charge in [0.25, 0.3) is 0 Å². The fourth-order valence-corrected chi connectivity index (χ4v) is 2.40. The van der Waals surface area contributed by atoms with Gasteiger partial charge in [-0.3, -0.25) is 0 Å². The van der Waals surface area contributed by atoms with Gasteiger partial charge in [0.05, 0.1) is 31.0 Å². The summed E-state index contributed by atoms with van der Waals surface area (Å²) in [6.45, 7) is 5.30. The van der Waals surface area contributed by atoms with Crippen LogP contribution in [0.2, 0.25) is 0 Å². The normalized spacial score (nSPS) is 17.8. The summed E-state index contributed by atoms with van der Waals surface area (Å²) < 4.78 is 20.9. The Bertz CT molecular complexity index is 616. The summed E-state index contributed by atoms with van der Waals surface area (Å²) in [4.78, 5) is 24.6.